The molecule has 1 N–H and O–H groups in total. The molecule has 21 heavy (non-hydrogen) atoms. The van der Waals surface area contributed by atoms with Gasteiger partial charge in [0.15, 0.2) is 11.6 Å². The molecule has 0 aliphatic carbocycles. The lowest BCUT2D eigenvalue weighted by atomic mass is 9.98. The van der Waals surface area contributed by atoms with Crippen LogP contribution in [-0.2, 0) is 6.42 Å². The Morgan fingerprint density at radius 3 is 2.76 bits per heavy atom. The highest BCUT2D eigenvalue weighted by molar-refractivity contribution is 5.23. The number of aromatic nitrogens is 1. The molecule has 0 aliphatic heterocycles. The van der Waals surface area contributed by atoms with E-state index in [1.807, 2.05) is 19.1 Å². The van der Waals surface area contributed by atoms with Gasteiger partial charge >= 0.3 is 0 Å². The Hall–Kier alpha value is -1.81. The first-order valence-electron chi connectivity index (χ1n) is 7.28. The zero-order chi connectivity index (χ0) is 15.1. The first-order valence-corrected chi connectivity index (χ1v) is 7.28. The van der Waals surface area contributed by atoms with Crippen molar-refractivity contribution >= 4 is 0 Å². The number of halogens is 2. The molecule has 0 saturated carbocycles. The van der Waals surface area contributed by atoms with E-state index in [9.17, 15) is 8.78 Å². The van der Waals surface area contributed by atoms with Crippen molar-refractivity contribution in [3.05, 3.63) is 65.5 Å². The van der Waals surface area contributed by atoms with E-state index >= 15 is 0 Å². The number of aryl methyl sites for hydroxylation is 1. The molecular weight excluding hydrogens is 270 g/mol. The van der Waals surface area contributed by atoms with Crippen LogP contribution in [0.4, 0.5) is 8.78 Å². The zero-order valence-electron chi connectivity index (χ0n) is 12.2. The van der Waals surface area contributed by atoms with Crippen LogP contribution in [0.25, 0.3) is 0 Å². The van der Waals surface area contributed by atoms with E-state index in [2.05, 4.69) is 10.3 Å². The van der Waals surface area contributed by atoms with Crippen LogP contribution in [0.5, 0.6) is 0 Å². The number of rotatable bonds is 7. The van der Waals surface area contributed by atoms with E-state index in [1.165, 1.54) is 0 Å². The summed E-state index contributed by atoms with van der Waals surface area (Å²) in [6.45, 7) is 2.82. The highest BCUT2D eigenvalue weighted by atomic mass is 19.2. The fourth-order valence-corrected chi connectivity index (χ4v) is 2.33. The lowest BCUT2D eigenvalue weighted by molar-refractivity contribution is 0.446. The molecule has 0 bridgehead atoms. The maximum atomic E-state index is 14.0. The van der Waals surface area contributed by atoms with Crippen LogP contribution in [0.1, 0.15) is 36.9 Å². The number of hydrogen-bond donors (Lipinski definition) is 1. The monoisotopic (exact) mass is 290 g/mol. The van der Waals surface area contributed by atoms with Gasteiger partial charge in [-0.2, -0.15) is 0 Å². The molecule has 1 heterocycles. The minimum atomic E-state index is -0.794. The van der Waals surface area contributed by atoms with Crippen LogP contribution < -0.4 is 5.32 Å². The third kappa shape index (κ3) is 4.33. The molecule has 0 amide bonds. The molecule has 1 unspecified atom stereocenters. The summed E-state index contributed by atoms with van der Waals surface area (Å²) < 4.78 is 27.4. The van der Waals surface area contributed by atoms with Gasteiger partial charge in [-0.15, -0.1) is 0 Å². The molecule has 0 fully saturated rings. The zero-order valence-corrected chi connectivity index (χ0v) is 12.2. The van der Waals surface area contributed by atoms with Crippen molar-refractivity contribution in [2.75, 3.05) is 6.54 Å². The molecule has 2 rings (SSSR count). The second-order valence-corrected chi connectivity index (χ2v) is 5.05. The summed E-state index contributed by atoms with van der Waals surface area (Å²) in [6, 6.07) is 8.03. The number of benzene rings is 1. The Morgan fingerprint density at radius 2 is 2.05 bits per heavy atom. The smallest absolute Gasteiger partial charge is 0.163 e. The maximum absolute atomic E-state index is 14.0. The van der Waals surface area contributed by atoms with Gasteiger partial charge in [0.2, 0.25) is 0 Å². The van der Waals surface area contributed by atoms with Gasteiger partial charge in [0.25, 0.3) is 0 Å². The van der Waals surface area contributed by atoms with Gasteiger partial charge in [-0.1, -0.05) is 25.1 Å². The van der Waals surface area contributed by atoms with Gasteiger partial charge in [0, 0.05) is 24.0 Å². The van der Waals surface area contributed by atoms with Crippen molar-refractivity contribution < 1.29 is 8.78 Å². The van der Waals surface area contributed by atoms with E-state index in [0.717, 1.165) is 31.0 Å². The lowest BCUT2D eigenvalue weighted by Gasteiger charge is -2.20. The molecule has 0 saturated heterocycles. The van der Waals surface area contributed by atoms with Gasteiger partial charge in [0.05, 0.1) is 0 Å². The molecule has 4 heteroatoms. The Kier molecular flexibility index (Phi) is 5.81. The van der Waals surface area contributed by atoms with Crippen LogP contribution >= 0.6 is 0 Å². The highest BCUT2D eigenvalue weighted by Gasteiger charge is 2.17. The number of nitrogens with zero attached hydrogens (tertiary/aromatic N) is 1. The molecule has 1 aromatic heterocycles. The molecule has 1 atom stereocenters. The third-order valence-corrected chi connectivity index (χ3v) is 3.44. The van der Waals surface area contributed by atoms with Crippen LogP contribution in [0.3, 0.4) is 0 Å². The van der Waals surface area contributed by atoms with Crippen LogP contribution in [-0.4, -0.2) is 11.5 Å². The second-order valence-electron chi connectivity index (χ2n) is 5.05. The fourth-order valence-electron chi connectivity index (χ4n) is 2.33. The van der Waals surface area contributed by atoms with Crippen LogP contribution in [0.2, 0.25) is 0 Å². The lowest BCUT2D eigenvalue weighted by Crippen LogP contribution is -2.24. The van der Waals surface area contributed by atoms with Crippen LogP contribution in [0.15, 0.2) is 42.7 Å². The number of nitrogens with one attached hydrogen (secondary N) is 1. The highest BCUT2D eigenvalue weighted by Crippen LogP contribution is 2.23. The summed E-state index contributed by atoms with van der Waals surface area (Å²) in [6.07, 6.45) is 5.94. The molecule has 0 radical (unpaired) electrons. The van der Waals surface area contributed by atoms with Gasteiger partial charge in [-0.25, -0.2) is 8.78 Å². The molecule has 0 aliphatic rings. The summed E-state index contributed by atoms with van der Waals surface area (Å²) >= 11 is 0. The van der Waals surface area contributed by atoms with Gasteiger partial charge in [-0.05, 0) is 43.5 Å². The average Bonchev–Trinajstić information content (AvgIpc) is 2.52. The SMILES string of the molecule is CCCNC(CCc1cccnc1)c1cccc(F)c1F. The van der Waals surface area contributed by atoms with E-state index in [-0.39, 0.29) is 6.04 Å². The Labute approximate surface area is 124 Å². The van der Waals surface area contributed by atoms with E-state index in [4.69, 9.17) is 0 Å². The minimum absolute atomic E-state index is 0.194. The van der Waals surface area contributed by atoms with Crippen molar-refractivity contribution in [2.24, 2.45) is 0 Å². The minimum Gasteiger partial charge on any atom is -0.310 e. The Bertz CT molecular complexity index is 558. The molecule has 2 aromatic rings. The van der Waals surface area contributed by atoms with Crippen molar-refractivity contribution in [1.82, 2.24) is 10.3 Å². The predicted octanol–water partition coefficient (Wildman–Crippen LogP) is 4.03. The first kappa shape index (κ1) is 15.6. The molecule has 112 valence electrons. The quantitative estimate of drug-likeness (QED) is 0.832. The van der Waals surface area contributed by atoms with Crippen molar-refractivity contribution in [3.8, 4) is 0 Å². The van der Waals surface area contributed by atoms with Gasteiger partial charge in [0.1, 0.15) is 0 Å². The number of pyridine rings is 1. The summed E-state index contributed by atoms with van der Waals surface area (Å²) in [5.74, 6) is -1.55. The van der Waals surface area contributed by atoms with Crippen molar-refractivity contribution in [1.29, 1.82) is 0 Å². The molecule has 2 nitrogen and oxygen atoms in total. The largest absolute Gasteiger partial charge is 0.310 e. The topological polar surface area (TPSA) is 24.9 Å². The summed E-state index contributed by atoms with van der Waals surface area (Å²) in [4.78, 5) is 4.07. The molecule has 0 spiro atoms. The van der Waals surface area contributed by atoms with Crippen LogP contribution in [0, 0.1) is 11.6 Å². The van der Waals surface area contributed by atoms with Crippen molar-refractivity contribution in [3.63, 3.8) is 0 Å². The average molecular weight is 290 g/mol. The van der Waals surface area contributed by atoms with E-state index in [0.29, 0.717) is 12.0 Å². The molecular formula is C17H20F2N2. The maximum Gasteiger partial charge on any atom is 0.163 e. The summed E-state index contributed by atoms with van der Waals surface area (Å²) in [5.41, 5.74) is 1.49. The second kappa shape index (κ2) is 7.84. The fraction of sp³-hybridized carbons (Fsp3) is 0.353. The Balaban J connectivity index is 2.12. The Morgan fingerprint density at radius 1 is 1.19 bits per heavy atom. The standard InChI is InChI=1S/C17H20F2N2/c1-2-10-21-16(9-8-13-5-4-11-20-12-13)14-6-3-7-15(18)17(14)19/h3-7,11-12,16,21H,2,8-10H2,1H3. The van der Waals surface area contributed by atoms with Crippen molar-refractivity contribution in [2.45, 2.75) is 32.2 Å². The van der Waals surface area contributed by atoms with E-state index < -0.39 is 11.6 Å². The van der Waals surface area contributed by atoms with Gasteiger partial charge in [-0.3, -0.25) is 4.98 Å². The van der Waals surface area contributed by atoms with E-state index in [1.54, 1.807) is 24.5 Å². The predicted molar refractivity (Wildman–Crippen MR) is 80.0 cm³/mol. The van der Waals surface area contributed by atoms with Gasteiger partial charge < -0.3 is 5.32 Å². The first-order chi connectivity index (χ1) is 10.2. The summed E-state index contributed by atoms with van der Waals surface area (Å²) in [5, 5.41) is 3.30. The normalized spacial score (nSPS) is 12.3. The summed E-state index contributed by atoms with van der Waals surface area (Å²) in [7, 11) is 0. The third-order valence-electron chi connectivity index (χ3n) is 3.44. The molecule has 1 aromatic carbocycles. The number of hydrogen-bond acceptors (Lipinski definition) is 2.